The predicted molar refractivity (Wildman–Crippen MR) is 211 cm³/mol. The summed E-state index contributed by atoms with van der Waals surface area (Å²) in [6, 6.07) is 45.0. The van der Waals surface area contributed by atoms with Crippen LogP contribution < -0.4 is 10.6 Å². The van der Waals surface area contributed by atoms with E-state index in [-0.39, 0.29) is 23.7 Å². The largest absolute Gasteiger partial charge is 0.307 e. The quantitative estimate of drug-likeness (QED) is 0.158. The van der Waals surface area contributed by atoms with Crippen LogP contribution in [0, 0.1) is 11.6 Å². The van der Waals surface area contributed by atoms with Gasteiger partial charge in [-0.05, 0) is 141 Å². The monoisotopic (exact) mass is 684 g/mol. The highest BCUT2D eigenvalue weighted by Gasteiger charge is 2.24. The number of benzene rings is 6. The third-order valence-corrected chi connectivity index (χ3v) is 10.7. The van der Waals surface area contributed by atoms with Gasteiger partial charge in [0.05, 0.1) is 0 Å². The minimum Gasteiger partial charge on any atom is -0.307 e. The average molecular weight is 685 g/mol. The first-order valence-corrected chi connectivity index (χ1v) is 18.3. The SMILES string of the molecule is C[C@@H](NC/C=C1/c2ccccc2-c2cc(-c3ccc4c(c3)/C(=C/CN[C@H](C)c3ccc(F)cc3)c3ccccc3CC4)ccc21)c1ccc(F)cc1. The first kappa shape index (κ1) is 33.7. The van der Waals surface area contributed by atoms with Gasteiger partial charge in [-0.2, -0.15) is 0 Å². The van der Waals surface area contributed by atoms with Crippen molar-refractivity contribution in [3.63, 3.8) is 0 Å². The number of aryl methyl sites for hydroxylation is 2. The molecule has 0 amide bonds. The highest BCUT2D eigenvalue weighted by atomic mass is 19.1. The molecule has 52 heavy (non-hydrogen) atoms. The molecule has 0 saturated carbocycles. The zero-order valence-electron chi connectivity index (χ0n) is 29.6. The lowest BCUT2D eigenvalue weighted by molar-refractivity contribution is 0.605. The van der Waals surface area contributed by atoms with Crippen LogP contribution in [0.25, 0.3) is 33.4 Å². The highest BCUT2D eigenvalue weighted by Crippen LogP contribution is 2.46. The number of nitrogens with one attached hydrogen (secondary N) is 2. The van der Waals surface area contributed by atoms with E-state index in [9.17, 15) is 8.78 Å². The smallest absolute Gasteiger partial charge is 0.123 e. The summed E-state index contributed by atoms with van der Waals surface area (Å²) in [6.45, 7) is 5.62. The maximum atomic E-state index is 13.6. The van der Waals surface area contributed by atoms with Crippen molar-refractivity contribution in [1.82, 2.24) is 10.6 Å². The number of hydrogen-bond donors (Lipinski definition) is 2. The van der Waals surface area contributed by atoms with E-state index < -0.39 is 0 Å². The number of fused-ring (bicyclic) bond motifs is 5. The molecule has 6 aromatic carbocycles. The summed E-state index contributed by atoms with van der Waals surface area (Å²) in [6.07, 6.45) is 6.60. The van der Waals surface area contributed by atoms with Crippen molar-refractivity contribution in [2.75, 3.05) is 13.1 Å². The lowest BCUT2D eigenvalue weighted by Gasteiger charge is -2.17. The van der Waals surface area contributed by atoms with E-state index >= 15 is 0 Å². The van der Waals surface area contributed by atoms with Crippen molar-refractivity contribution in [2.45, 2.75) is 38.8 Å². The van der Waals surface area contributed by atoms with Gasteiger partial charge in [0.1, 0.15) is 11.6 Å². The molecule has 0 saturated heterocycles. The second-order valence-corrected chi connectivity index (χ2v) is 13.9. The molecule has 0 bridgehead atoms. The first-order chi connectivity index (χ1) is 25.4. The number of halogens is 2. The van der Waals surface area contributed by atoms with Gasteiger partial charge in [-0.3, -0.25) is 0 Å². The fourth-order valence-corrected chi connectivity index (χ4v) is 7.77. The summed E-state index contributed by atoms with van der Waals surface area (Å²) < 4.78 is 27.0. The van der Waals surface area contributed by atoms with E-state index in [1.165, 1.54) is 91.0 Å². The lowest BCUT2D eigenvalue weighted by Crippen LogP contribution is -2.19. The van der Waals surface area contributed by atoms with Crippen LogP contribution >= 0.6 is 0 Å². The van der Waals surface area contributed by atoms with Crippen LogP contribution in [0.15, 0.2) is 146 Å². The van der Waals surface area contributed by atoms with Crippen molar-refractivity contribution in [3.05, 3.63) is 202 Å². The molecule has 0 aromatic heterocycles. The molecular formula is C48H42F2N2. The summed E-state index contributed by atoms with van der Waals surface area (Å²) >= 11 is 0. The summed E-state index contributed by atoms with van der Waals surface area (Å²) in [5.41, 5.74) is 17.3. The van der Waals surface area contributed by atoms with E-state index in [1.54, 1.807) is 0 Å². The summed E-state index contributed by atoms with van der Waals surface area (Å²) in [5, 5.41) is 7.24. The summed E-state index contributed by atoms with van der Waals surface area (Å²) in [7, 11) is 0. The van der Waals surface area contributed by atoms with Gasteiger partial charge in [-0.15, -0.1) is 0 Å². The molecule has 2 atom stereocenters. The van der Waals surface area contributed by atoms with Crippen LogP contribution in [0.2, 0.25) is 0 Å². The van der Waals surface area contributed by atoms with Gasteiger partial charge in [0, 0.05) is 25.2 Å². The molecule has 0 fully saturated rings. The average Bonchev–Trinajstić information content (AvgIpc) is 3.39. The maximum absolute atomic E-state index is 13.6. The molecule has 0 spiro atoms. The van der Waals surface area contributed by atoms with E-state index in [0.717, 1.165) is 24.0 Å². The number of rotatable bonds is 9. The molecule has 258 valence electrons. The highest BCUT2D eigenvalue weighted by molar-refractivity contribution is 6.02. The Morgan fingerprint density at radius 2 is 0.942 bits per heavy atom. The van der Waals surface area contributed by atoms with Gasteiger partial charge in [-0.1, -0.05) is 109 Å². The van der Waals surface area contributed by atoms with Gasteiger partial charge in [0.2, 0.25) is 0 Å². The second kappa shape index (κ2) is 14.7. The van der Waals surface area contributed by atoms with E-state index in [0.29, 0.717) is 13.1 Å². The minimum absolute atomic E-state index is 0.0893. The van der Waals surface area contributed by atoms with Crippen molar-refractivity contribution < 1.29 is 8.78 Å². The molecule has 0 unspecified atom stereocenters. The fourth-order valence-electron chi connectivity index (χ4n) is 7.77. The van der Waals surface area contributed by atoms with Gasteiger partial charge in [0.25, 0.3) is 0 Å². The second-order valence-electron chi connectivity index (χ2n) is 13.9. The van der Waals surface area contributed by atoms with Crippen molar-refractivity contribution in [1.29, 1.82) is 0 Å². The lowest BCUT2D eigenvalue weighted by atomic mass is 9.90. The summed E-state index contributed by atoms with van der Waals surface area (Å²) in [4.78, 5) is 0. The van der Waals surface area contributed by atoms with Crippen LogP contribution in [-0.2, 0) is 12.8 Å². The van der Waals surface area contributed by atoms with E-state index in [2.05, 4.69) is 122 Å². The van der Waals surface area contributed by atoms with Crippen molar-refractivity contribution >= 4 is 11.1 Å². The minimum atomic E-state index is -0.216. The van der Waals surface area contributed by atoms with Gasteiger partial charge < -0.3 is 10.6 Å². The Morgan fingerprint density at radius 1 is 0.481 bits per heavy atom. The van der Waals surface area contributed by atoms with E-state index in [4.69, 9.17) is 0 Å². The van der Waals surface area contributed by atoms with Crippen LogP contribution in [0.4, 0.5) is 8.78 Å². The third kappa shape index (κ3) is 6.80. The van der Waals surface area contributed by atoms with Crippen molar-refractivity contribution in [2.24, 2.45) is 0 Å². The molecule has 8 rings (SSSR count). The molecule has 2 aliphatic carbocycles. The molecule has 0 aliphatic heterocycles. The maximum Gasteiger partial charge on any atom is 0.123 e. The Kier molecular flexibility index (Phi) is 9.51. The molecule has 2 N–H and O–H groups in total. The Morgan fingerprint density at radius 3 is 1.56 bits per heavy atom. The number of hydrogen-bond acceptors (Lipinski definition) is 2. The normalized spacial score (nSPS) is 15.8. The standard InChI is InChI=1S/C48H42F2N2/c1-31(33-15-20-39(49)21-16-33)51-27-25-45-41-8-4-3-7-35(41)11-12-36-13-14-37(29-47(36)45)38-19-24-44-46(42-9-5-6-10-43(42)48(44)30-38)26-28-52-32(2)34-17-22-40(50)23-18-34/h3-10,13-26,29-32,51-52H,11-12,27-28H2,1-2H3/b45-25+,46-26-/t31-,32-/m1/s1. The predicted octanol–water partition coefficient (Wildman–Crippen LogP) is 11.3. The van der Waals surface area contributed by atoms with Crippen LogP contribution in [-0.4, -0.2) is 13.1 Å². The molecule has 0 heterocycles. The van der Waals surface area contributed by atoms with Crippen LogP contribution in [0.1, 0.15) is 70.4 Å². The molecule has 0 radical (unpaired) electrons. The Balaban J connectivity index is 1.10. The molecular weight excluding hydrogens is 643 g/mol. The van der Waals surface area contributed by atoms with E-state index in [1.807, 2.05) is 24.3 Å². The molecule has 6 aromatic rings. The topological polar surface area (TPSA) is 24.1 Å². The van der Waals surface area contributed by atoms with Gasteiger partial charge in [0.15, 0.2) is 0 Å². The van der Waals surface area contributed by atoms with Gasteiger partial charge >= 0.3 is 0 Å². The Bertz CT molecular complexity index is 2300. The molecule has 4 heteroatoms. The third-order valence-electron chi connectivity index (χ3n) is 10.7. The first-order valence-electron chi connectivity index (χ1n) is 18.3. The Hall–Kier alpha value is -5.42. The van der Waals surface area contributed by atoms with Gasteiger partial charge in [-0.25, -0.2) is 8.78 Å². The van der Waals surface area contributed by atoms with Crippen molar-refractivity contribution in [3.8, 4) is 22.3 Å². The molecule has 2 aliphatic rings. The fraction of sp³-hybridized carbons (Fsp3) is 0.167. The zero-order chi connectivity index (χ0) is 35.6. The molecule has 2 nitrogen and oxygen atoms in total. The van der Waals surface area contributed by atoms with Crippen LogP contribution in [0.5, 0.6) is 0 Å². The zero-order valence-corrected chi connectivity index (χ0v) is 29.6. The summed E-state index contributed by atoms with van der Waals surface area (Å²) in [5.74, 6) is -0.432. The van der Waals surface area contributed by atoms with Crippen LogP contribution in [0.3, 0.4) is 0 Å². The Labute approximate surface area is 305 Å².